The van der Waals surface area contributed by atoms with Gasteiger partial charge in [0.05, 0.1) is 7.11 Å². The topological polar surface area (TPSA) is 82.1 Å². The lowest BCUT2D eigenvalue weighted by Crippen LogP contribution is -2.21. The zero-order valence-electron chi connectivity index (χ0n) is 13.7. The molecule has 1 N–H and O–H groups in total. The van der Waals surface area contributed by atoms with Crippen LogP contribution in [0.15, 0.2) is 42.5 Å². The molecular formula is C18H17IO6. The zero-order chi connectivity index (χ0) is 18.4. The van der Waals surface area contributed by atoms with Gasteiger partial charge in [-0.1, -0.05) is 12.1 Å². The van der Waals surface area contributed by atoms with Crippen LogP contribution in [-0.4, -0.2) is 37.9 Å². The van der Waals surface area contributed by atoms with E-state index in [1.54, 1.807) is 49.6 Å². The van der Waals surface area contributed by atoms with Crippen LogP contribution in [0.3, 0.4) is 0 Å². The van der Waals surface area contributed by atoms with Gasteiger partial charge in [-0.05, 0) is 52.9 Å². The van der Waals surface area contributed by atoms with Gasteiger partial charge in [0, 0.05) is 27.4 Å². The average molecular weight is 456 g/mol. The smallest absolute Gasteiger partial charge is 0.337 e. The van der Waals surface area contributed by atoms with Crippen molar-refractivity contribution in [3.05, 3.63) is 62.7 Å². The van der Waals surface area contributed by atoms with Gasteiger partial charge in [0.15, 0.2) is 11.9 Å². The first-order valence-corrected chi connectivity index (χ1v) is 8.38. The van der Waals surface area contributed by atoms with E-state index in [4.69, 9.17) is 14.2 Å². The molecule has 0 saturated carbocycles. The fourth-order valence-electron chi connectivity index (χ4n) is 2.31. The molecule has 0 aromatic heterocycles. The molecule has 2 aromatic carbocycles. The predicted molar refractivity (Wildman–Crippen MR) is 98.9 cm³/mol. The number of rotatable bonds is 8. The average Bonchev–Trinajstić information content (AvgIpc) is 2.62. The molecule has 6 nitrogen and oxygen atoms in total. The molecule has 0 aliphatic heterocycles. The number of carbonyl (C=O) groups excluding carboxylic acids is 1. The molecule has 0 amide bonds. The maximum absolute atomic E-state index is 12.9. The lowest BCUT2D eigenvalue weighted by atomic mass is 9.95. The Kier molecular flexibility index (Phi) is 6.91. The number of hydrogen-bond donors (Lipinski definition) is 1. The predicted octanol–water partition coefficient (Wildman–Crippen LogP) is 3.28. The van der Waals surface area contributed by atoms with Crippen LogP contribution in [0.5, 0.6) is 5.75 Å². The van der Waals surface area contributed by atoms with E-state index in [1.165, 1.54) is 7.11 Å². The third kappa shape index (κ3) is 4.56. The second-order valence-corrected chi connectivity index (χ2v) is 6.21. The minimum Gasteiger partial charge on any atom is -0.497 e. The number of carboxylic acid groups (broad SMARTS) is 1. The van der Waals surface area contributed by atoms with E-state index in [0.29, 0.717) is 20.4 Å². The van der Waals surface area contributed by atoms with Crippen molar-refractivity contribution in [3.63, 3.8) is 0 Å². The minimum atomic E-state index is -1.30. The maximum Gasteiger partial charge on any atom is 0.337 e. The molecule has 1 atom stereocenters. The maximum atomic E-state index is 12.9. The molecule has 0 saturated heterocycles. The summed E-state index contributed by atoms with van der Waals surface area (Å²) in [6.45, 7) is -0.196. The van der Waals surface area contributed by atoms with E-state index in [2.05, 4.69) is 0 Å². The largest absolute Gasteiger partial charge is 0.497 e. The Morgan fingerprint density at radius 1 is 1.12 bits per heavy atom. The molecule has 7 heteroatoms. The SMILES string of the molecule is COCOC(C(=O)O)c1c(I)cccc1C(=O)c1ccc(OC)cc1. The van der Waals surface area contributed by atoms with Gasteiger partial charge in [-0.2, -0.15) is 0 Å². The van der Waals surface area contributed by atoms with Crippen molar-refractivity contribution in [1.29, 1.82) is 0 Å². The number of methoxy groups -OCH3 is 2. The number of ether oxygens (including phenoxy) is 3. The molecule has 2 aromatic rings. The van der Waals surface area contributed by atoms with Crippen molar-refractivity contribution in [3.8, 4) is 5.75 Å². The summed E-state index contributed by atoms with van der Waals surface area (Å²) in [6.07, 6.45) is -1.30. The second kappa shape index (κ2) is 8.93. The Morgan fingerprint density at radius 2 is 1.80 bits per heavy atom. The van der Waals surface area contributed by atoms with Gasteiger partial charge in [0.1, 0.15) is 12.5 Å². The molecule has 0 aliphatic carbocycles. The second-order valence-electron chi connectivity index (χ2n) is 5.05. The van der Waals surface area contributed by atoms with Crippen LogP contribution in [0, 0.1) is 3.57 Å². The first-order valence-electron chi connectivity index (χ1n) is 7.30. The lowest BCUT2D eigenvalue weighted by Gasteiger charge is -2.18. The Morgan fingerprint density at radius 3 is 2.36 bits per heavy atom. The Labute approximate surface area is 158 Å². The van der Waals surface area contributed by atoms with Gasteiger partial charge in [-0.15, -0.1) is 0 Å². The van der Waals surface area contributed by atoms with Crippen LogP contribution < -0.4 is 4.74 Å². The normalized spacial score (nSPS) is 11.8. The molecule has 0 spiro atoms. The number of hydrogen-bond acceptors (Lipinski definition) is 5. The van der Waals surface area contributed by atoms with Gasteiger partial charge < -0.3 is 19.3 Å². The van der Waals surface area contributed by atoms with E-state index in [9.17, 15) is 14.7 Å². The third-order valence-corrected chi connectivity index (χ3v) is 4.43. The summed E-state index contributed by atoms with van der Waals surface area (Å²) in [5.74, 6) is -0.848. The van der Waals surface area contributed by atoms with Crippen LogP contribution in [0.2, 0.25) is 0 Å². The highest BCUT2D eigenvalue weighted by Crippen LogP contribution is 2.29. The fraction of sp³-hybridized carbons (Fsp3) is 0.222. The highest BCUT2D eigenvalue weighted by molar-refractivity contribution is 14.1. The summed E-state index contributed by atoms with van der Waals surface area (Å²) in [7, 11) is 2.94. The number of aliphatic carboxylic acids is 1. The quantitative estimate of drug-likeness (QED) is 0.373. The van der Waals surface area contributed by atoms with E-state index in [-0.39, 0.29) is 18.1 Å². The monoisotopic (exact) mass is 456 g/mol. The summed E-state index contributed by atoms with van der Waals surface area (Å²) in [5.41, 5.74) is 1.02. The summed E-state index contributed by atoms with van der Waals surface area (Å²) in [6, 6.07) is 11.7. The van der Waals surface area contributed by atoms with E-state index in [0.717, 1.165) is 0 Å². The molecule has 25 heavy (non-hydrogen) atoms. The van der Waals surface area contributed by atoms with E-state index >= 15 is 0 Å². The van der Waals surface area contributed by atoms with Gasteiger partial charge in [0.25, 0.3) is 0 Å². The molecule has 0 aliphatic rings. The Hall–Kier alpha value is -1.97. The highest BCUT2D eigenvalue weighted by Gasteiger charge is 2.28. The first-order chi connectivity index (χ1) is 12.0. The van der Waals surface area contributed by atoms with Crippen molar-refractivity contribution in [2.24, 2.45) is 0 Å². The summed E-state index contributed by atoms with van der Waals surface area (Å²) < 4.78 is 15.8. The van der Waals surface area contributed by atoms with Crippen molar-refractivity contribution in [2.75, 3.05) is 21.0 Å². The van der Waals surface area contributed by atoms with Crippen molar-refractivity contribution < 1.29 is 28.9 Å². The summed E-state index contributed by atoms with van der Waals surface area (Å²) >= 11 is 1.99. The molecule has 132 valence electrons. The third-order valence-electron chi connectivity index (χ3n) is 3.49. The summed E-state index contributed by atoms with van der Waals surface area (Å²) in [4.78, 5) is 24.5. The zero-order valence-corrected chi connectivity index (χ0v) is 15.8. The lowest BCUT2D eigenvalue weighted by molar-refractivity contribution is -0.159. The molecule has 2 rings (SSSR count). The standard InChI is InChI=1S/C18H17IO6/c1-23-10-25-17(18(21)22)15-13(4-3-5-14(15)19)16(20)11-6-8-12(24-2)9-7-11/h3-9,17H,10H2,1-2H3,(H,21,22). The van der Waals surface area contributed by atoms with Crippen LogP contribution in [-0.2, 0) is 14.3 Å². The molecule has 0 fully saturated rings. The van der Waals surface area contributed by atoms with Crippen molar-refractivity contribution in [1.82, 2.24) is 0 Å². The van der Waals surface area contributed by atoms with Crippen LogP contribution in [0.4, 0.5) is 0 Å². The number of halogens is 1. The fourth-order valence-corrected chi connectivity index (χ4v) is 3.09. The Bertz CT molecular complexity index is 757. The van der Waals surface area contributed by atoms with Crippen LogP contribution in [0.1, 0.15) is 27.6 Å². The number of carboxylic acids is 1. The van der Waals surface area contributed by atoms with Crippen LogP contribution >= 0.6 is 22.6 Å². The van der Waals surface area contributed by atoms with Crippen LogP contribution in [0.25, 0.3) is 0 Å². The van der Waals surface area contributed by atoms with Gasteiger partial charge in [-0.25, -0.2) is 4.79 Å². The molecule has 0 radical (unpaired) electrons. The number of benzene rings is 2. The van der Waals surface area contributed by atoms with Crippen molar-refractivity contribution >= 4 is 34.3 Å². The number of carbonyl (C=O) groups is 2. The molecule has 0 heterocycles. The minimum absolute atomic E-state index is 0.196. The molecule has 0 bridgehead atoms. The van der Waals surface area contributed by atoms with Gasteiger partial charge in [0.2, 0.25) is 0 Å². The highest BCUT2D eigenvalue weighted by atomic mass is 127. The molecule has 1 unspecified atom stereocenters. The first kappa shape index (κ1) is 19.4. The number of ketones is 1. The van der Waals surface area contributed by atoms with E-state index in [1.807, 2.05) is 22.6 Å². The van der Waals surface area contributed by atoms with Crippen molar-refractivity contribution in [2.45, 2.75) is 6.10 Å². The summed E-state index contributed by atoms with van der Waals surface area (Å²) in [5, 5.41) is 9.51. The Balaban J connectivity index is 2.48. The molecular weight excluding hydrogens is 439 g/mol. The van der Waals surface area contributed by atoms with E-state index < -0.39 is 12.1 Å². The van der Waals surface area contributed by atoms with Gasteiger partial charge in [-0.3, -0.25) is 4.79 Å². The van der Waals surface area contributed by atoms with Gasteiger partial charge >= 0.3 is 5.97 Å².